The molecule has 116 valence electrons. The van der Waals surface area contributed by atoms with Crippen LogP contribution in [-0.2, 0) is 14.8 Å². The summed E-state index contributed by atoms with van der Waals surface area (Å²) >= 11 is 0. The average molecular weight is 327 g/mol. The lowest BCUT2D eigenvalue weighted by Crippen LogP contribution is -2.12. The normalized spacial score (nSPS) is 10.8. The van der Waals surface area contributed by atoms with Crippen molar-refractivity contribution in [3.05, 3.63) is 72.3 Å². The molecule has 0 spiro atoms. The molecule has 0 aromatic heterocycles. The van der Waals surface area contributed by atoms with Gasteiger partial charge in [0.2, 0.25) is 0 Å². The molecule has 0 amide bonds. The Kier molecular flexibility index (Phi) is 5.18. The van der Waals surface area contributed by atoms with Crippen LogP contribution < -0.4 is 4.72 Å². The molecule has 0 saturated carbocycles. The molecule has 0 aliphatic rings. The number of benzene rings is 2. The summed E-state index contributed by atoms with van der Waals surface area (Å²) in [7, 11) is -3.66. The topological polar surface area (TPSA) is 83.5 Å². The largest absolute Gasteiger partial charge is 0.478 e. The number of para-hydroxylation sites is 1. The predicted molar refractivity (Wildman–Crippen MR) is 87.3 cm³/mol. The maximum atomic E-state index is 12.2. The van der Waals surface area contributed by atoms with Crippen molar-refractivity contribution in [2.24, 2.45) is 0 Å². The Hall–Kier alpha value is -3.04. The zero-order valence-corrected chi connectivity index (χ0v) is 12.7. The molecule has 0 saturated heterocycles. The van der Waals surface area contributed by atoms with Crippen LogP contribution in [0.1, 0.15) is 5.56 Å². The molecule has 2 N–H and O–H groups in total. The van der Waals surface area contributed by atoms with E-state index in [2.05, 4.69) is 16.6 Å². The van der Waals surface area contributed by atoms with Gasteiger partial charge in [0, 0.05) is 17.3 Å². The van der Waals surface area contributed by atoms with E-state index in [-0.39, 0.29) is 4.90 Å². The lowest BCUT2D eigenvalue weighted by Gasteiger charge is -2.07. The third kappa shape index (κ3) is 5.02. The number of rotatable bonds is 4. The van der Waals surface area contributed by atoms with Gasteiger partial charge in [0.25, 0.3) is 10.0 Å². The van der Waals surface area contributed by atoms with E-state index in [0.29, 0.717) is 11.3 Å². The van der Waals surface area contributed by atoms with Gasteiger partial charge >= 0.3 is 5.97 Å². The van der Waals surface area contributed by atoms with Crippen molar-refractivity contribution in [1.29, 1.82) is 0 Å². The maximum absolute atomic E-state index is 12.2. The highest BCUT2D eigenvalue weighted by atomic mass is 32.2. The highest BCUT2D eigenvalue weighted by Crippen LogP contribution is 2.15. The number of carboxylic acids is 1. The van der Waals surface area contributed by atoms with Crippen LogP contribution in [0.2, 0.25) is 0 Å². The number of hydrogen-bond donors (Lipinski definition) is 2. The minimum absolute atomic E-state index is 0.119. The molecular formula is C17H13NO4S. The molecule has 0 fully saturated rings. The van der Waals surface area contributed by atoms with Crippen LogP contribution in [0.15, 0.2) is 71.6 Å². The van der Waals surface area contributed by atoms with Gasteiger partial charge in [-0.15, -0.1) is 0 Å². The van der Waals surface area contributed by atoms with E-state index in [1.165, 1.54) is 18.2 Å². The maximum Gasteiger partial charge on any atom is 0.328 e. The second-order valence-electron chi connectivity index (χ2n) is 4.44. The zero-order valence-electron chi connectivity index (χ0n) is 11.9. The summed E-state index contributed by atoms with van der Waals surface area (Å²) in [6.07, 6.45) is 2.14. The molecule has 2 rings (SSSR count). The number of anilines is 1. The molecule has 5 nitrogen and oxygen atoms in total. The summed E-state index contributed by atoms with van der Waals surface area (Å²) in [5.41, 5.74) is 1.06. The van der Waals surface area contributed by atoms with Crippen molar-refractivity contribution < 1.29 is 18.3 Å². The minimum Gasteiger partial charge on any atom is -0.478 e. The van der Waals surface area contributed by atoms with E-state index in [4.69, 9.17) is 5.11 Å². The minimum atomic E-state index is -3.66. The standard InChI is InChI=1S/C17H13NO4S/c19-17(20)9-5-4-6-14-10-12-16(13-11-14)23(21,22)18-15-7-2-1-3-8-15/h1-3,5,7-13,18H,(H,19,20). The van der Waals surface area contributed by atoms with Crippen LogP contribution >= 0.6 is 0 Å². The van der Waals surface area contributed by atoms with Crippen LogP contribution in [0, 0.1) is 11.8 Å². The summed E-state index contributed by atoms with van der Waals surface area (Å²) in [6, 6.07) is 14.6. The summed E-state index contributed by atoms with van der Waals surface area (Å²) < 4.78 is 26.9. The van der Waals surface area contributed by atoms with Gasteiger partial charge in [0.15, 0.2) is 0 Å². The number of carbonyl (C=O) groups is 1. The Morgan fingerprint density at radius 3 is 2.30 bits per heavy atom. The number of nitrogens with one attached hydrogen (secondary N) is 1. The molecule has 0 atom stereocenters. The first-order valence-electron chi connectivity index (χ1n) is 6.56. The number of hydrogen-bond acceptors (Lipinski definition) is 3. The van der Waals surface area contributed by atoms with E-state index in [1.807, 2.05) is 0 Å². The lowest BCUT2D eigenvalue weighted by molar-refractivity contribution is -0.131. The molecule has 0 aliphatic heterocycles. The SMILES string of the molecule is O=C(O)C=CC#Cc1ccc(S(=O)(=O)Nc2ccccc2)cc1. The molecule has 0 radical (unpaired) electrons. The van der Waals surface area contributed by atoms with Crippen molar-refractivity contribution >= 4 is 21.7 Å². The van der Waals surface area contributed by atoms with Gasteiger partial charge < -0.3 is 5.11 Å². The predicted octanol–water partition coefficient (Wildman–Crippen LogP) is 2.48. The fraction of sp³-hybridized carbons (Fsp3) is 0. The molecule has 0 aliphatic carbocycles. The van der Waals surface area contributed by atoms with Gasteiger partial charge in [-0.05, 0) is 42.5 Å². The molecule has 0 heterocycles. The molecular weight excluding hydrogens is 314 g/mol. The molecule has 2 aromatic rings. The van der Waals surface area contributed by atoms with Crippen LogP contribution in [0.5, 0.6) is 0 Å². The monoisotopic (exact) mass is 327 g/mol. The van der Waals surface area contributed by atoms with E-state index < -0.39 is 16.0 Å². The Labute approximate surface area is 134 Å². The first-order chi connectivity index (χ1) is 11.0. The summed E-state index contributed by atoms with van der Waals surface area (Å²) in [5, 5.41) is 8.43. The Morgan fingerprint density at radius 2 is 1.70 bits per heavy atom. The van der Waals surface area contributed by atoms with Gasteiger partial charge in [-0.25, -0.2) is 13.2 Å². The smallest absolute Gasteiger partial charge is 0.328 e. The fourth-order valence-electron chi connectivity index (χ4n) is 1.68. The highest BCUT2D eigenvalue weighted by Gasteiger charge is 2.13. The quantitative estimate of drug-likeness (QED) is 0.667. The first kappa shape index (κ1) is 16.3. The van der Waals surface area contributed by atoms with E-state index in [0.717, 1.165) is 6.08 Å². The molecule has 2 aromatic carbocycles. The zero-order chi connectivity index (χ0) is 16.7. The second kappa shape index (κ2) is 7.29. The van der Waals surface area contributed by atoms with Crippen molar-refractivity contribution in [3.8, 4) is 11.8 Å². The van der Waals surface area contributed by atoms with Crippen LogP contribution in [-0.4, -0.2) is 19.5 Å². The van der Waals surface area contributed by atoms with Crippen molar-refractivity contribution in [2.45, 2.75) is 4.90 Å². The van der Waals surface area contributed by atoms with Crippen molar-refractivity contribution in [1.82, 2.24) is 0 Å². The molecule has 6 heteroatoms. The second-order valence-corrected chi connectivity index (χ2v) is 6.12. The number of allylic oxidation sites excluding steroid dienone is 1. The molecule has 0 bridgehead atoms. The Balaban J connectivity index is 2.14. The number of carboxylic acid groups (broad SMARTS) is 1. The van der Waals surface area contributed by atoms with Crippen molar-refractivity contribution in [2.75, 3.05) is 4.72 Å². The Morgan fingerprint density at radius 1 is 1.04 bits per heavy atom. The Bertz CT molecular complexity index is 874. The van der Waals surface area contributed by atoms with Gasteiger partial charge in [-0.1, -0.05) is 30.0 Å². The van der Waals surface area contributed by atoms with E-state index >= 15 is 0 Å². The fourth-order valence-corrected chi connectivity index (χ4v) is 2.73. The number of aliphatic carboxylic acids is 1. The van der Waals surface area contributed by atoms with Gasteiger partial charge in [-0.3, -0.25) is 4.72 Å². The average Bonchev–Trinajstić information content (AvgIpc) is 2.52. The van der Waals surface area contributed by atoms with Gasteiger partial charge in [0.05, 0.1) is 4.90 Å². The van der Waals surface area contributed by atoms with Gasteiger partial charge in [0.1, 0.15) is 0 Å². The van der Waals surface area contributed by atoms with Crippen LogP contribution in [0.3, 0.4) is 0 Å². The van der Waals surface area contributed by atoms with Crippen LogP contribution in [0.4, 0.5) is 5.69 Å². The summed E-state index contributed by atoms with van der Waals surface area (Å²) in [4.78, 5) is 10.4. The molecule has 0 unspecified atom stereocenters. The number of sulfonamides is 1. The van der Waals surface area contributed by atoms with E-state index in [9.17, 15) is 13.2 Å². The third-order valence-electron chi connectivity index (χ3n) is 2.72. The third-order valence-corrected chi connectivity index (χ3v) is 4.11. The van der Waals surface area contributed by atoms with Crippen LogP contribution in [0.25, 0.3) is 0 Å². The van der Waals surface area contributed by atoms with Gasteiger partial charge in [-0.2, -0.15) is 0 Å². The molecule has 23 heavy (non-hydrogen) atoms. The first-order valence-corrected chi connectivity index (χ1v) is 8.05. The summed E-state index contributed by atoms with van der Waals surface area (Å²) in [6.45, 7) is 0. The highest BCUT2D eigenvalue weighted by molar-refractivity contribution is 7.92. The lowest BCUT2D eigenvalue weighted by atomic mass is 10.2. The van der Waals surface area contributed by atoms with E-state index in [1.54, 1.807) is 42.5 Å². The summed E-state index contributed by atoms with van der Waals surface area (Å²) in [5.74, 6) is 4.19. The van der Waals surface area contributed by atoms with Crippen molar-refractivity contribution in [3.63, 3.8) is 0 Å².